The SMILES string of the molecule is COc1ccc(NC(=O)CN(C)C(=O)c2ccc(C#N)cc2)cc1. The Morgan fingerprint density at radius 1 is 1.12 bits per heavy atom. The molecule has 0 aromatic heterocycles. The normalized spacial score (nSPS) is 9.71. The zero-order chi connectivity index (χ0) is 17.5. The van der Waals surface area contributed by atoms with Crippen LogP contribution in [0.5, 0.6) is 5.75 Å². The zero-order valence-electron chi connectivity index (χ0n) is 13.4. The van der Waals surface area contributed by atoms with Crippen LogP contribution in [0.15, 0.2) is 48.5 Å². The fourth-order valence-electron chi connectivity index (χ4n) is 2.07. The van der Waals surface area contributed by atoms with Crippen LogP contribution in [0, 0.1) is 11.3 Å². The Kier molecular flexibility index (Phi) is 5.53. The molecule has 0 aliphatic carbocycles. The molecule has 0 bridgehead atoms. The third-order valence-corrected chi connectivity index (χ3v) is 3.36. The minimum Gasteiger partial charge on any atom is -0.497 e. The second-order valence-electron chi connectivity index (χ2n) is 5.13. The van der Waals surface area contributed by atoms with Crippen molar-refractivity contribution in [2.24, 2.45) is 0 Å². The molecule has 0 saturated heterocycles. The van der Waals surface area contributed by atoms with Gasteiger partial charge in [-0.1, -0.05) is 0 Å². The van der Waals surface area contributed by atoms with Gasteiger partial charge in [0.05, 0.1) is 25.3 Å². The Balaban J connectivity index is 1.94. The van der Waals surface area contributed by atoms with Crippen molar-refractivity contribution in [3.8, 4) is 11.8 Å². The Hall–Kier alpha value is -3.33. The van der Waals surface area contributed by atoms with Crippen molar-refractivity contribution in [2.45, 2.75) is 0 Å². The van der Waals surface area contributed by atoms with Gasteiger partial charge in [0.15, 0.2) is 0 Å². The van der Waals surface area contributed by atoms with Gasteiger partial charge >= 0.3 is 0 Å². The maximum Gasteiger partial charge on any atom is 0.254 e. The molecule has 122 valence electrons. The number of rotatable bonds is 5. The highest BCUT2D eigenvalue weighted by atomic mass is 16.5. The Morgan fingerprint density at radius 2 is 1.75 bits per heavy atom. The van der Waals surface area contributed by atoms with Crippen LogP contribution >= 0.6 is 0 Å². The standard InChI is InChI=1S/C18H17N3O3/c1-21(18(23)14-5-3-13(11-19)4-6-14)12-17(22)20-15-7-9-16(24-2)10-8-15/h3-10H,12H2,1-2H3,(H,20,22). The van der Waals surface area contributed by atoms with Crippen LogP contribution < -0.4 is 10.1 Å². The van der Waals surface area contributed by atoms with Gasteiger partial charge in [0, 0.05) is 18.3 Å². The van der Waals surface area contributed by atoms with Crippen LogP contribution in [0.3, 0.4) is 0 Å². The van der Waals surface area contributed by atoms with Crippen LogP contribution in [0.4, 0.5) is 5.69 Å². The number of nitriles is 1. The van der Waals surface area contributed by atoms with E-state index in [2.05, 4.69) is 5.32 Å². The number of carbonyl (C=O) groups excluding carboxylic acids is 2. The van der Waals surface area contributed by atoms with Crippen molar-refractivity contribution < 1.29 is 14.3 Å². The number of anilines is 1. The number of likely N-dealkylation sites (N-methyl/N-ethyl adjacent to an activating group) is 1. The van der Waals surface area contributed by atoms with Gasteiger partial charge in [-0.25, -0.2) is 0 Å². The summed E-state index contributed by atoms with van der Waals surface area (Å²) >= 11 is 0. The molecule has 0 unspecified atom stereocenters. The van der Waals surface area contributed by atoms with Crippen molar-refractivity contribution in [1.82, 2.24) is 4.90 Å². The molecule has 1 N–H and O–H groups in total. The number of hydrogen-bond donors (Lipinski definition) is 1. The largest absolute Gasteiger partial charge is 0.497 e. The van der Waals surface area contributed by atoms with Gasteiger partial charge in [-0.15, -0.1) is 0 Å². The van der Waals surface area contributed by atoms with Gasteiger partial charge in [-0.05, 0) is 48.5 Å². The summed E-state index contributed by atoms with van der Waals surface area (Å²) in [5.41, 5.74) is 1.53. The molecular formula is C18H17N3O3. The quantitative estimate of drug-likeness (QED) is 0.915. The molecule has 0 fully saturated rings. The molecule has 0 aliphatic heterocycles. The summed E-state index contributed by atoms with van der Waals surface area (Å²) in [4.78, 5) is 25.6. The first-order valence-electron chi connectivity index (χ1n) is 7.23. The van der Waals surface area contributed by atoms with Gasteiger partial charge in [-0.3, -0.25) is 9.59 Å². The van der Waals surface area contributed by atoms with E-state index in [1.165, 1.54) is 4.90 Å². The Bertz CT molecular complexity index is 762. The lowest BCUT2D eigenvalue weighted by Gasteiger charge is -2.17. The van der Waals surface area contributed by atoms with E-state index in [0.717, 1.165) is 0 Å². The van der Waals surface area contributed by atoms with Gasteiger partial charge in [-0.2, -0.15) is 5.26 Å². The van der Waals surface area contributed by atoms with Crippen molar-refractivity contribution >= 4 is 17.5 Å². The van der Waals surface area contributed by atoms with Gasteiger partial charge in [0.1, 0.15) is 5.75 Å². The minimum absolute atomic E-state index is 0.0785. The number of carbonyl (C=O) groups is 2. The second kappa shape index (κ2) is 7.79. The number of nitrogens with zero attached hydrogens (tertiary/aromatic N) is 2. The van der Waals surface area contributed by atoms with Gasteiger partial charge in [0.2, 0.25) is 5.91 Å². The molecule has 2 rings (SSSR count). The lowest BCUT2D eigenvalue weighted by Crippen LogP contribution is -2.34. The van der Waals surface area contributed by atoms with Crippen LogP contribution in [0.1, 0.15) is 15.9 Å². The van der Waals surface area contributed by atoms with Gasteiger partial charge in [0.25, 0.3) is 5.91 Å². The third-order valence-electron chi connectivity index (χ3n) is 3.36. The predicted molar refractivity (Wildman–Crippen MR) is 89.7 cm³/mol. The summed E-state index contributed by atoms with van der Waals surface area (Å²) in [6.07, 6.45) is 0. The molecule has 2 aromatic rings. The van der Waals surface area contributed by atoms with E-state index in [1.54, 1.807) is 62.7 Å². The molecular weight excluding hydrogens is 306 g/mol. The maximum absolute atomic E-state index is 12.3. The average Bonchev–Trinajstić information content (AvgIpc) is 2.61. The van der Waals surface area contributed by atoms with E-state index in [9.17, 15) is 9.59 Å². The van der Waals surface area contributed by atoms with Crippen molar-refractivity contribution in [3.63, 3.8) is 0 Å². The molecule has 0 atom stereocenters. The van der Waals surface area contributed by atoms with Crippen molar-refractivity contribution in [3.05, 3.63) is 59.7 Å². The maximum atomic E-state index is 12.3. The molecule has 2 aromatic carbocycles. The van der Waals surface area contributed by atoms with Crippen molar-refractivity contribution in [2.75, 3.05) is 26.0 Å². The summed E-state index contributed by atoms with van der Waals surface area (Å²) in [5, 5.41) is 11.5. The number of benzene rings is 2. The van der Waals surface area contributed by atoms with Crippen LogP contribution in [0.25, 0.3) is 0 Å². The Morgan fingerprint density at radius 3 is 2.29 bits per heavy atom. The molecule has 0 spiro atoms. The van der Waals surface area contributed by atoms with E-state index in [-0.39, 0.29) is 18.4 Å². The molecule has 0 radical (unpaired) electrons. The van der Waals surface area contributed by atoms with E-state index < -0.39 is 0 Å². The highest BCUT2D eigenvalue weighted by Crippen LogP contribution is 2.15. The van der Waals surface area contributed by atoms with Crippen LogP contribution in [-0.2, 0) is 4.79 Å². The first-order chi connectivity index (χ1) is 11.5. The number of nitrogens with one attached hydrogen (secondary N) is 1. The molecule has 6 heteroatoms. The number of ether oxygens (including phenoxy) is 1. The Labute approximate surface area is 140 Å². The summed E-state index contributed by atoms with van der Waals surface area (Å²) in [7, 11) is 3.12. The second-order valence-corrected chi connectivity index (χ2v) is 5.13. The third kappa shape index (κ3) is 4.34. The first-order valence-corrected chi connectivity index (χ1v) is 7.23. The highest BCUT2D eigenvalue weighted by Gasteiger charge is 2.15. The first kappa shape index (κ1) is 17.0. The molecule has 24 heavy (non-hydrogen) atoms. The summed E-state index contributed by atoms with van der Waals surface area (Å²) in [6, 6.07) is 15.2. The van der Waals surface area contributed by atoms with Crippen LogP contribution in [-0.4, -0.2) is 37.4 Å². The minimum atomic E-state index is -0.301. The topological polar surface area (TPSA) is 82.4 Å². The lowest BCUT2D eigenvalue weighted by molar-refractivity contribution is -0.116. The summed E-state index contributed by atoms with van der Waals surface area (Å²) in [5.74, 6) is 0.107. The molecule has 0 aliphatic rings. The van der Waals surface area contributed by atoms with Crippen molar-refractivity contribution in [1.29, 1.82) is 5.26 Å². The highest BCUT2D eigenvalue weighted by molar-refractivity contribution is 5.99. The summed E-state index contributed by atoms with van der Waals surface area (Å²) in [6.45, 7) is -0.0785. The van der Waals surface area contributed by atoms with E-state index in [4.69, 9.17) is 10.00 Å². The van der Waals surface area contributed by atoms with E-state index >= 15 is 0 Å². The molecule has 2 amide bonds. The molecule has 0 heterocycles. The number of hydrogen-bond acceptors (Lipinski definition) is 4. The number of methoxy groups -OCH3 is 1. The smallest absolute Gasteiger partial charge is 0.254 e. The van der Waals surface area contributed by atoms with Gasteiger partial charge < -0.3 is 15.0 Å². The van der Waals surface area contributed by atoms with E-state index in [0.29, 0.717) is 22.6 Å². The molecule has 6 nitrogen and oxygen atoms in total. The fourth-order valence-corrected chi connectivity index (χ4v) is 2.07. The molecule has 0 saturated carbocycles. The predicted octanol–water partition coefficient (Wildman–Crippen LogP) is 2.28. The zero-order valence-corrected chi connectivity index (χ0v) is 13.4. The monoisotopic (exact) mass is 323 g/mol. The lowest BCUT2D eigenvalue weighted by atomic mass is 10.1. The fraction of sp³-hybridized carbons (Fsp3) is 0.167. The summed E-state index contributed by atoms with van der Waals surface area (Å²) < 4.78 is 5.05. The average molecular weight is 323 g/mol. The number of amides is 2. The van der Waals surface area contributed by atoms with Crippen LogP contribution in [0.2, 0.25) is 0 Å². The van der Waals surface area contributed by atoms with E-state index in [1.807, 2.05) is 6.07 Å².